The number of nitrogens with one attached hydrogen (secondary N) is 1. The minimum atomic E-state index is -1.16. The van der Waals surface area contributed by atoms with Crippen LogP contribution in [0.25, 0.3) is 5.69 Å². The lowest BCUT2D eigenvalue weighted by atomic mass is 10.0. The molecule has 1 aromatic carbocycles. The molecule has 3 N–H and O–H groups in total. The lowest BCUT2D eigenvalue weighted by Crippen LogP contribution is -2.38. The maximum atomic E-state index is 11.6. The Labute approximate surface area is 140 Å². The van der Waals surface area contributed by atoms with Crippen LogP contribution in [0.5, 0.6) is 0 Å². The van der Waals surface area contributed by atoms with Gasteiger partial charge in [0.05, 0.1) is 5.69 Å². The number of ether oxygens (including phenoxy) is 1. The number of carbonyl (C=O) groups is 1. The molecule has 0 saturated heterocycles. The number of nitrogens with zero attached hydrogens (tertiary/aromatic N) is 3. The number of hydrogen-bond acceptors (Lipinski definition) is 6. The van der Waals surface area contributed by atoms with Gasteiger partial charge in [-0.15, -0.1) is 0 Å². The number of benzene rings is 1. The summed E-state index contributed by atoms with van der Waals surface area (Å²) in [5, 5.41) is 26.6. The molecule has 0 aliphatic heterocycles. The van der Waals surface area contributed by atoms with Crippen molar-refractivity contribution in [1.29, 1.82) is 0 Å². The van der Waals surface area contributed by atoms with E-state index >= 15 is 0 Å². The summed E-state index contributed by atoms with van der Waals surface area (Å²) in [5.41, 5.74) is 0.687. The topological polar surface area (TPSA) is 110 Å². The lowest BCUT2D eigenvalue weighted by molar-refractivity contribution is 0.0129. The molecule has 0 saturated carbocycles. The first kappa shape index (κ1) is 17.9. The summed E-state index contributed by atoms with van der Waals surface area (Å²) in [4.78, 5) is 15.4. The van der Waals surface area contributed by atoms with Crippen molar-refractivity contribution in [2.45, 2.75) is 38.6 Å². The van der Waals surface area contributed by atoms with E-state index in [0.717, 1.165) is 5.69 Å². The third-order valence-corrected chi connectivity index (χ3v) is 3.14. The van der Waals surface area contributed by atoms with E-state index in [-0.39, 0.29) is 6.54 Å². The van der Waals surface area contributed by atoms with E-state index < -0.39 is 23.9 Å². The molecule has 1 amide bonds. The number of carbonyl (C=O) groups excluding carboxylic acids is 1. The monoisotopic (exact) mass is 334 g/mol. The summed E-state index contributed by atoms with van der Waals surface area (Å²) in [6.07, 6.45) is 0.0506. The Morgan fingerprint density at radius 3 is 2.50 bits per heavy atom. The molecule has 2 atom stereocenters. The summed E-state index contributed by atoms with van der Waals surface area (Å²) in [6, 6.07) is 6.86. The predicted molar refractivity (Wildman–Crippen MR) is 86.6 cm³/mol. The maximum absolute atomic E-state index is 11.6. The van der Waals surface area contributed by atoms with Gasteiger partial charge in [0.15, 0.2) is 0 Å². The molecule has 0 radical (unpaired) electrons. The third kappa shape index (κ3) is 5.04. The molecule has 2 aromatic rings. The number of aromatic nitrogens is 3. The molecule has 2 unspecified atom stereocenters. The molecule has 0 fully saturated rings. The van der Waals surface area contributed by atoms with Crippen LogP contribution in [0.3, 0.4) is 0 Å². The summed E-state index contributed by atoms with van der Waals surface area (Å²) in [7, 11) is 0. The van der Waals surface area contributed by atoms with E-state index in [2.05, 4.69) is 15.4 Å². The Kier molecular flexibility index (Phi) is 5.53. The quantitative estimate of drug-likeness (QED) is 0.758. The van der Waals surface area contributed by atoms with Gasteiger partial charge in [0.1, 0.15) is 30.5 Å². The van der Waals surface area contributed by atoms with Crippen LogP contribution in [0.1, 0.15) is 32.4 Å². The van der Waals surface area contributed by atoms with Crippen molar-refractivity contribution in [3.05, 3.63) is 42.5 Å². The average Bonchev–Trinajstić information content (AvgIpc) is 3.05. The lowest BCUT2D eigenvalue weighted by Gasteiger charge is -2.22. The molecule has 0 aliphatic rings. The highest BCUT2D eigenvalue weighted by Crippen LogP contribution is 2.18. The van der Waals surface area contributed by atoms with Crippen LogP contribution in [0, 0.1) is 0 Å². The zero-order valence-corrected chi connectivity index (χ0v) is 13.9. The number of hydrogen-bond donors (Lipinski definition) is 3. The van der Waals surface area contributed by atoms with Crippen LogP contribution in [0.4, 0.5) is 4.79 Å². The first-order valence-corrected chi connectivity index (χ1v) is 7.54. The molecule has 8 heteroatoms. The van der Waals surface area contributed by atoms with E-state index in [0.29, 0.717) is 5.56 Å². The van der Waals surface area contributed by atoms with Crippen LogP contribution < -0.4 is 5.32 Å². The smallest absolute Gasteiger partial charge is 0.407 e. The van der Waals surface area contributed by atoms with Gasteiger partial charge in [-0.1, -0.05) is 12.1 Å². The molecular weight excluding hydrogens is 312 g/mol. The van der Waals surface area contributed by atoms with Crippen LogP contribution in [0.15, 0.2) is 36.9 Å². The zero-order valence-electron chi connectivity index (χ0n) is 13.9. The molecule has 24 heavy (non-hydrogen) atoms. The molecule has 8 nitrogen and oxygen atoms in total. The summed E-state index contributed by atoms with van der Waals surface area (Å²) < 4.78 is 6.65. The fourth-order valence-electron chi connectivity index (χ4n) is 2.00. The fourth-order valence-corrected chi connectivity index (χ4v) is 2.00. The Morgan fingerprint density at radius 2 is 1.96 bits per heavy atom. The molecule has 0 bridgehead atoms. The van der Waals surface area contributed by atoms with E-state index in [1.165, 1.54) is 6.33 Å². The Balaban J connectivity index is 1.91. The van der Waals surface area contributed by atoms with Crippen LogP contribution in [-0.4, -0.2) is 49.3 Å². The Morgan fingerprint density at radius 1 is 1.29 bits per heavy atom. The van der Waals surface area contributed by atoms with E-state index in [1.807, 2.05) is 0 Å². The van der Waals surface area contributed by atoms with Crippen molar-refractivity contribution >= 4 is 6.09 Å². The minimum Gasteiger partial charge on any atom is -0.444 e. The van der Waals surface area contributed by atoms with E-state index in [1.54, 1.807) is 56.0 Å². The minimum absolute atomic E-state index is 0.124. The number of alkyl carbamates (subject to hydrolysis) is 1. The number of aliphatic hydroxyl groups is 2. The molecule has 0 spiro atoms. The van der Waals surface area contributed by atoms with Gasteiger partial charge in [-0.25, -0.2) is 14.5 Å². The highest BCUT2D eigenvalue weighted by molar-refractivity contribution is 5.67. The van der Waals surface area contributed by atoms with Crippen molar-refractivity contribution < 1.29 is 19.7 Å². The van der Waals surface area contributed by atoms with Crippen LogP contribution >= 0.6 is 0 Å². The predicted octanol–water partition coefficient (Wildman–Crippen LogP) is 1.19. The SMILES string of the molecule is CC(C)(C)OC(=O)NCC(O)C(O)c1ccc(-n2cncn2)cc1. The first-order valence-electron chi connectivity index (χ1n) is 7.54. The fraction of sp³-hybridized carbons (Fsp3) is 0.438. The van der Waals surface area contributed by atoms with Gasteiger partial charge in [-0.3, -0.25) is 0 Å². The van der Waals surface area contributed by atoms with Gasteiger partial charge in [-0.05, 0) is 38.5 Å². The second-order valence-electron chi connectivity index (χ2n) is 6.33. The van der Waals surface area contributed by atoms with Crippen molar-refractivity contribution in [1.82, 2.24) is 20.1 Å². The van der Waals surface area contributed by atoms with Crippen molar-refractivity contribution in [2.75, 3.05) is 6.54 Å². The highest BCUT2D eigenvalue weighted by Gasteiger charge is 2.21. The summed E-state index contributed by atoms with van der Waals surface area (Å²) in [6.45, 7) is 5.11. The highest BCUT2D eigenvalue weighted by atomic mass is 16.6. The number of rotatable bonds is 5. The van der Waals surface area contributed by atoms with Gasteiger partial charge >= 0.3 is 6.09 Å². The molecule has 2 rings (SSSR count). The van der Waals surface area contributed by atoms with Crippen molar-refractivity contribution in [2.24, 2.45) is 0 Å². The van der Waals surface area contributed by atoms with Gasteiger partial charge in [0, 0.05) is 6.54 Å². The van der Waals surface area contributed by atoms with Crippen LogP contribution in [-0.2, 0) is 4.74 Å². The van der Waals surface area contributed by atoms with Gasteiger partial charge in [0.2, 0.25) is 0 Å². The van der Waals surface area contributed by atoms with Crippen molar-refractivity contribution in [3.8, 4) is 5.69 Å². The average molecular weight is 334 g/mol. The van der Waals surface area contributed by atoms with Gasteiger partial charge < -0.3 is 20.3 Å². The van der Waals surface area contributed by atoms with E-state index in [9.17, 15) is 15.0 Å². The van der Waals surface area contributed by atoms with Gasteiger partial charge in [0.25, 0.3) is 0 Å². The standard InChI is InChI=1S/C16H22N4O4/c1-16(2,3)24-15(23)18-8-13(21)14(22)11-4-6-12(7-5-11)20-10-17-9-19-20/h4-7,9-10,13-14,21-22H,8H2,1-3H3,(H,18,23). The summed E-state index contributed by atoms with van der Waals surface area (Å²) in [5.74, 6) is 0. The normalized spacial score (nSPS) is 14.0. The molecule has 0 aliphatic carbocycles. The van der Waals surface area contributed by atoms with Crippen LogP contribution in [0.2, 0.25) is 0 Å². The largest absolute Gasteiger partial charge is 0.444 e. The molecule has 1 heterocycles. The first-order chi connectivity index (χ1) is 11.3. The molecule has 130 valence electrons. The van der Waals surface area contributed by atoms with Gasteiger partial charge in [-0.2, -0.15) is 5.10 Å². The number of aliphatic hydroxyl groups excluding tert-OH is 2. The maximum Gasteiger partial charge on any atom is 0.407 e. The molecule has 1 aromatic heterocycles. The van der Waals surface area contributed by atoms with E-state index in [4.69, 9.17) is 4.74 Å². The molecular formula is C16H22N4O4. The second kappa shape index (κ2) is 7.41. The number of amides is 1. The zero-order chi connectivity index (χ0) is 17.7. The van der Waals surface area contributed by atoms with Crippen molar-refractivity contribution in [3.63, 3.8) is 0 Å². The third-order valence-electron chi connectivity index (χ3n) is 3.14. The Bertz CT molecular complexity index is 650. The Hall–Kier alpha value is -2.45. The summed E-state index contributed by atoms with van der Waals surface area (Å²) >= 11 is 0. The second-order valence-corrected chi connectivity index (χ2v) is 6.33.